The zero-order valence-corrected chi connectivity index (χ0v) is 21.5. The highest BCUT2D eigenvalue weighted by Crippen LogP contribution is 2.35. The van der Waals surface area contributed by atoms with E-state index in [0.29, 0.717) is 28.9 Å². The van der Waals surface area contributed by atoms with E-state index < -0.39 is 21.8 Å². The van der Waals surface area contributed by atoms with Gasteiger partial charge in [-0.15, -0.1) is 0 Å². The zero-order chi connectivity index (χ0) is 26.0. The van der Waals surface area contributed by atoms with Crippen LogP contribution in [0.25, 0.3) is 17.0 Å². The first-order chi connectivity index (χ1) is 17.1. The van der Waals surface area contributed by atoms with Crippen LogP contribution in [0.3, 0.4) is 0 Å². The van der Waals surface area contributed by atoms with Gasteiger partial charge < -0.3 is 9.47 Å². The Labute approximate surface area is 210 Å². The summed E-state index contributed by atoms with van der Waals surface area (Å²) in [5.74, 6) is -0.413. The van der Waals surface area contributed by atoms with Crippen LogP contribution in [0.15, 0.2) is 53.4 Å². The molecule has 10 heteroatoms. The first-order valence-electron chi connectivity index (χ1n) is 11.9. The summed E-state index contributed by atoms with van der Waals surface area (Å²) in [4.78, 5) is 12.0. The van der Waals surface area contributed by atoms with Crippen LogP contribution in [-0.4, -0.2) is 54.3 Å². The molecule has 2 heterocycles. The Hall–Kier alpha value is -3.24. The highest BCUT2D eigenvalue weighted by molar-refractivity contribution is 7.89. The minimum atomic E-state index is -3.75. The fourth-order valence-electron chi connectivity index (χ4n) is 4.38. The molecule has 1 fully saturated rings. The number of hydrogen-bond acceptors (Lipinski definition) is 6. The zero-order valence-electron chi connectivity index (χ0n) is 20.7. The summed E-state index contributed by atoms with van der Waals surface area (Å²) in [7, 11) is -3.75. The largest absolute Gasteiger partial charge is 0.491 e. The molecule has 0 radical (unpaired) electrons. The molecule has 3 aromatic rings. The van der Waals surface area contributed by atoms with Crippen molar-refractivity contribution in [3.05, 3.63) is 60.1 Å². The van der Waals surface area contributed by atoms with Gasteiger partial charge in [0.05, 0.1) is 34.9 Å². The predicted molar refractivity (Wildman–Crippen MR) is 135 cm³/mol. The fourth-order valence-corrected chi connectivity index (χ4v) is 5.94. The van der Waals surface area contributed by atoms with Gasteiger partial charge in [-0.05, 0) is 75.2 Å². The summed E-state index contributed by atoms with van der Waals surface area (Å²) < 4.78 is 54.6. The van der Waals surface area contributed by atoms with Crippen molar-refractivity contribution in [3.8, 4) is 5.75 Å². The molecule has 8 nitrogen and oxygen atoms in total. The number of carbonyl (C=O) groups excluding carboxylic acids is 1. The molecule has 2 atom stereocenters. The molecule has 0 unspecified atom stereocenters. The minimum Gasteiger partial charge on any atom is -0.491 e. The fraction of sp³-hybridized carbons (Fsp3) is 0.385. The Balaban J connectivity index is 1.63. The van der Waals surface area contributed by atoms with Crippen LogP contribution in [0, 0.1) is 11.7 Å². The van der Waals surface area contributed by atoms with E-state index >= 15 is 0 Å². The number of hydrogen-bond donors (Lipinski definition) is 0. The van der Waals surface area contributed by atoms with E-state index in [4.69, 9.17) is 9.47 Å². The maximum atomic E-state index is 14.2. The normalized spacial score (nSPS) is 18.9. The van der Waals surface area contributed by atoms with E-state index in [1.54, 1.807) is 41.9 Å². The van der Waals surface area contributed by atoms with Gasteiger partial charge in [0.1, 0.15) is 11.6 Å². The van der Waals surface area contributed by atoms with Gasteiger partial charge in [-0.2, -0.15) is 9.40 Å². The van der Waals surface area contributed by atoms with Crippen molar-refractivity contribution in [3.63, 3.8) is 0 Å². The van der Waals surface area contributed by atoms with E-state index in [0.717, 1.165) is 0 Å². The lowest BCUT2D eigenvalue weighted by Crippen LogP contribution is -2.29. The third-order valence-electron chi connectivity index (χ3n) is 6.05. The quantitative estimate of drug-likeness (QED) is 0.326. The SMILES string of the molecule is CCOC(=O)/C=C/c1nn([C@H]2CN(S(=O)(=O)c3ccc(OC(C)C)cc3)C[C@H]2C)c2cc(F)ccc12. The number of sulfonamides is 1. The molecule has 1 aromatic heterocycles. The summed E-state index contributed by atoms with van der Waals surface area (Å²) in [6.07, 6.45) is 2.79. The minimum absolute atomic E-state index is 0.0154. The molecule has 0 N–H and O–H groups in total. The van der Waals surface area contributed by atoms with Gasteiger partial charge in [0.2, 0.25) is 10.0 Å². The van der Waals surface area contributed by atoms with Crippen LogP contribution in [0.1, 0.15) is 39.4 Å². The molecule has 0 aliphatic carbocycles. The smallest absolute Gasteiger partial charge is 0.330 e. The Morgan fingerprint density at radius 3 is 2.58 bits per heavy atom. The molecule has 0 bridgehead atoms. The van der Waals surface area contributed by atoms with Crippen molar-refractivity contribution in [1.82, 2.24) is 14.1 Å². The molecule has 0 amide bonds. The highest BCUT2D eigenvalue weighted by Gasteiger charge is 2.39. The van der Waals surface area contributed by atoms with Crippen molar-refractivity contribution >= 4 is 33.0 Å². The van der Waals surface area contributed by atoms with E-state index in [-0.39, 0.29) is 36.1 Å². The number of ether oxygens (including phenoxy) is 2. The topological polar surface area (TPSA) is 90.7 Å². The number of carbonyl (C=O) groups is 1. The van der Waals surface area contributed by atoms with Gasteiger partial charge in [0.15, 0.2) is 0 Å². The second-order valence-corrected chi connectivity index (χ2v) is 11.0. The summed E-state index contributed by atoms with van der Waals surface area (Å²) in [6, 6.07) is 10.4. The van der Waals surface area contributed by atoms with E-state index in [2.05, 4.69) is 5.10 Å². The van der Waals surface area contributed by atoms with Gasteiger partial charge >= 0.3 is 5.97 Å². The molecule has 4 rings (SSSR count). The Bertz CT molecular complexity index is 1380. The lowest BCUT2D eigenvalue weighted by molar-refractivity contribution is -0.137. The van der Waals surface area contributed by atoms with Crippen molar-refractivity contribution < 1.29 is 27.1 Å². The number of nitrogens with zero attached hydrogens (tertiary/aromatic N) is 3. The van der Waals surface area contributed by atoms with Crippen molar-refractivity contribution in [1.29, 1.82) is 0 Å². The van der Waals surface area contributed by atoms with Gasteiger partial charge in [-0.1, -0.05) is 6.92 Å². The predicted octanol–water partition coefficient (Wildman–Crippen LogP) is 4.42. The summed E-state index contributed by atoms with van der Waals surface area (Å²) >= 11 is 0. The molecule has 1 aliphatic heterocycles. The molecule has 2 aromatic carbocycles. The molecule has 0 saturated carbocycles. The third-order valence-corrected chi connectivity index (χ3v) is 7.89. The molecule has 1 saturated heterocycles. The summed E-state index contributed by atoms with van der Waals surface area (Å²) in [6.45, 7) is 8.19. The lowest BCUT2D eigenvalue weighted by atomic mass is 10.1. The Morgan fingerprint density at radius 1 is 1.19 bits per heavy atom. The van der Waals surface area contributed by atoms with Crippen LogP contribution in [0.4, 0.5) is 4.39 Å². The summed E-state index contributed by atoms with van der Waals surface area (Å²) in [5.41, 5.74) is 1.01. The average molecular weight is 516 g/mol. The molecule has 192 valence electrons. The molecule has 0 spiro atoms. The van der Waals surface area contributed by atoms with Gasteiger partial charge in [-0.25, -0.2) is 17.6 Å². The van der Waals surface area contributed by atoms with E-state index in [1.165, 1.54) is 28.6 Å². The molecular weight excluding hydrogens is 485 g/mol. The van der Waals surface area contributed by atoms with Crippen LogP contribution in [-0.2, 0) is 19.6 Å². The Kier molecular flexibility index (Phi) is 7.46. The van der Waals surface area contributed by atoms with Crippen molar-refractivity contribution in [2.45, 2.75) is 44.7 Å². The standard InChI is InChI=1S/C26H30FN3O5S/c1-5-34-26(31)13-12-23-22-11-6-19(27)14-24(22)30(28-23)25-16-29(15-18(25)4)36(32,33)21-9-7-20(8-10-21)35-17(2)3/h6-14,17-18,25H,5,15-16H2,1-4H3/b13-12+/t18-,25+/m1/s1. The van der Waals surface area contributed by atoms with E-state index in [1.807, 2.05) is 20.8 Å². The number of esters is 1. The molecular formula is C26H30FN3O5S. The van der Waals surface area contributed by atoms with Crippen molar-refractivity contribution in [2.24, 2.45) is 5.92 Å². The number of benzene rings is 2. The highest BCUT2D eigenvalue weighted by atomic mass is 32.2. The first kappa shape index (κ1) is 25.8. The number of aromatic nitrogens is 2. The number of halogens is 1. The second-order valence-electron chi connectivity index (χ2n) is 9.08. The third kappa shape index (κ3) is 5.29. The monoisotopic (exact) mass is 515 g/mol. The number of fused-ring (bicyclic) bond motifs is 1. The van der Waals surface area contributed by atoms with Gasteiger partial charge in [0.25, 0.3) is 0 Å². The first-order valence-corrected chi connectivity index (χ1v) is 13.3. The second kappa shape index (κ2) is 10.4. The molecule has 36 heavy (non-hydrogen) atoms. The average Bonchev–Trinajstić information content (AvgIpc) is 3.38. The van der Waals surface area contributed by atoms with E-state index in [9.17, 15) is 17.6 Å². The molecule has 1 aliphatic rings. The van der Waals surface area contributed by atoms with Crippen LogP contribution >= 0.6 is 0 Å². The van der Waals surface area contributed by atoms with Gasteiger partial charge in [0, 0.05) is 24.6 Å². The Morgan fingerprint density at radius 2 is 1.92 bits per heavy atom. The van der Waals surface area contributed by atoms with Crippen LogP contribution < -0.4 is 4.74 Å². The van der Waals surface area contributed by atoms with Crippen LogP contribution in [0.5, 0.6) is 5.75 Å². The lowest BCUT2D eigenvalue weighted by Gasteiger charge is -2.18. The number of rotatable bonds is 8. The van der Waals surface area contributed by atoms with Gasteiger partial charge in [-0.3, -0.25) is 4.68 Å². The summed E-state index contributed by atoms with van der Waals surface area (Å²) in [5, 5.41) is 5.30. The van der Waals surface area contributed by atoms with Crippen molar-refractivity contribution in [2.75, 3.05) is 19.7 Å². The maximum absolute atomic E-state index is 14.2. The van der Waals surface area contributed by atoms with Crippen LogP contribution in [0.2, 0.25) is 0 Å². The maximum Gasteiger partial charge on any atom is 0.330 e.